The minimum atomic E-state index is 0.103. The number of aryl methyl sites for hydroxylation is 1. The molecule has 0 saturated carbocycles. The molecule has 1 aromatic rings. The van der Waals surface area contributed by atoms with E-state index in [0.717, 1.165) is 75.3 Å². The van der Waals surface area contributed by atoms with E-state index in [-0.39, 0.29) is 11.3 Å². The zero-order chi connectivity index (χ0) is 20.6. The second-order valence-corrected chi connectivity index (χ2v) is 9.20. The molecular formula is C23H33N3O3. The molecule has 0 N–H and O–H groups in total. The average molecular weight is 400 g/mol. The number of carbonyl (C=O) groups is 2. The molecule has 6 nitrogen and oxygen atoms in total. The van der Waals surface area contributed by atoms with Crippen molar-refractivity contribution in [2.45, 2.75) is 45.1 Å². The normalized spacial score (nSPS) is 24.9. The Balaban J connectivity index is 1.40. The molecule has 3 saturated heterocycles. The number of amides is 2. The van der Waals surface area contributed by atoms with Crippen molar-refractivity contribution in [1.82, 2.24) is 14.7 Å². The smallest absolute Gasteiger partial charge is 0.253 e. The van der Waals surface area contributed by atoms with Gasteiger partial charge in [0.15, 0.2) is 0 Å². The lowest BCUT2D eigenvalue weighted by atomic mass is 9.72. The Labute approximate surface area is 173 Å². The molecule has 3 heterocycles. The number of nitrogens with zero attached hydrogens (tertiary/aromatic N) is 3. The lowest BCUT2D eigenvalue weighted by Gasteiger charge is -2.49. The number of carbonyl (C=O) groups excluding carboxylic acids is 2. The van der Waals surface area contributed by atoms with Gasteiger partial charge in [-0.3, -0.25) is 9.59 Å². The summed E-state index contributed by atoms with van der Waals surface area (Å²) in [5, 5.41) is 0. The van der Waals surface area contributed by atoms with Crippen LogP contribution in [0.4, 0.5) is 0 Å². The number of rotatable bonds is 3. The second-order valence-electron chi connectivity index (χ2n) is 9.20. The van der Waals surface area contributed by atoms with E-state index in [0.29, 0.717) is 18.4 Å². The van der Waals surface area contributed by atoms with Gasteiger partial charge in [0, 0.05) is 44.2 Å². The van der Waals surface area contributed by atoms with Gasteiger partial charge in [-0.1, -0.05) is 0 Å². The Bertz CT molecular complexity index is 786. The van der Waals surface area contributed by atoms with E-state index in [1.807, 2.05) is 30.0 Å². The molecule has 0 bridgehead atoms. The summed E-state index contributed by atoms with van der Waals surface area (Å²) < 4.78 is 5.31. The SMILES string of the molecule is COc1ccc(C(=O)N2CCC3(CCC(=O)N(C4CCN(C)C4)C3)CC2)cc1C. The third kappa shape index (κ3) is 4.00. The summed E-state index contributed by atoms with van der Waals surface area (Å²) in [4.78, 5) is 32.1. The van der Waals surface area contributed by atoms with Crippen LogP contribution in [-0.2, 0) is 4.79 Å². The highest BCUT2D eigenvalue weighted by molar-refractivity contribution is 5.94. The quantitative estimate of drug-likeness (QED) is 0.784. The molecule has 2 amide bonds. The predicted molar refractivity (Wildman–Crippen MR) is 112 cm³/mol. The van der Waals surface area contributed by atoms with Gasteiger partial charge >= 0.3 is 0 Å². The van der Waals surface area contributed by atoms with Crippen LogP contribution in [-0.4, -0.2) is 79.4 Å². The van der Waals surface area contributed by atoms with Crippen LogP contribution in [0, 0.1) is 12.3 Å². The van der Waals surface area contributed by atoms with Gasteiger partial charge in [-0.2, -0.15) is 0 Å². The Kier molecular flexibility index (Phi) is 5.56. The van der Waals surface area contributed by atoms with Gasteiger partial charge in [0.05, 0.1) is 7.11 Å². The molecule has 1 aromatic carbocycles. The van der Waals surface area contributed by atoms with Crippen LogP contribution in [0.2, 0.25) is 0 Å². The molecule has 0 aromatic heterocycles. The third-order valence-corrected chi connectivity index (χ3v) is 7.26. The van der Waals surface area contributed by atoms with Crippen LogP contribution >= 0.6 is 0 Å². The van der Waals surface area contributed by atoms with E-state index >= 15 is 0 Å². The highest BCUT2D eigenvalue weighted by atomic mass is 16.5. The van der Waals surface area contributed by atoms with Gasteiger partial charge in [0.1, 0.15) is 5.75 Å². The number of hydrogen-bond acceptors (Lipinski definition) is 4. The van der Waals surface area contributed by atoms with Crippen molar-refractivity contribution in [1.29, 1.82) is 0 Å². The molecule has 0 aliphatic carbocycles. The topological polar surface area (TPSA) is 53.1 Å². The molecule has 158 valence electrons. The molecule has 29 heavy (non-hydrogen) atoms. The van der Waals surface area contributed by atoms with Crippen molar-refractivity contribution in [2.24, 2.45) is 5.41 Å². The Hall–Kier alpha value is -2.08. The first-order valence-electron chi connectivity index (χ1n) is 10.8. The summed E-state index contributed by atoms with van der Waals surface area (Å²) in [7, 11) is 3.78. The lowest BCUT2D eigenvalue weighted by Crippen LogP contribution is -2.55. The fraction of sp³-hybridized carbons (Fsp3) is 0.652. The highest BCUT2D eigenvalue weighted by Crippen LogP contribution is 2.41. The molecule has 1 unspecified atom stereocenters. The summed E-state index contributed by atoms with van der Waals surface area (Å²) >= 11 is 0. The van der Waals surface area contributed by atoms with E-state index in [2.05, 4.69) is 16.8 Å². The Morgan fingerprint density at radius 2 is 1.93 bits per heavy atom. The monoisotopic (exact) mass is 399 g/mol. The first-order valence-corrected chi connectivity index (χ1v) is 10.8. The minimum Gasteiger partial charge on any atom is -0.496 e. The number of methoxy groups -OCH3 is 1. The maximum Gasteiger partial charge on any atom is 0.253 e. The van der Waals surface area contributed by atoms with E-state index in [4.69, 9.17) is 4.74 Å². The molecule has 1 spiro atoms. The van der Waals surface area contributed by atoms with Crippen molar-refractivity contribution in [3.05, 3.63) is 29.3 Å². The lowest BCUT2D eigenvalue weighted by molar-refractivity contribution is -0.141. The molecule has 3 fully saturated rings. The summed E-state index contributed by atoms with van der Waals surface area (Å²) in [6.45, 7) is 6.45. The Morgan fingerprint density at radius 3 is 2.55 bits per heavy atom. The van der Waals surface area contributed by atoms with Crippen LogP contribution in [0.25, 0.3) is 0 Å². The zero-order valence-corrected chi connectivity index (χ0v) is 17.9. The number of hydrogen-bond donors (Lipinski definition) is 0. The van der Waals surface area contributed by atoms with Gasteiger partial charge in [-0.15, -0.1) is 0 Å². The number of ether oxygens (including phenoxy) is 1. The Morgan fingerprint density at radius 1 is 1.17 bits per heavy atom. The molecular weight excluding hydrogens is 366 g/mol. The maximum absolute atomic E-state index is 13.0. The van der Waals surface area contributed by atoms with Crippen LogP contribution in [0.5, 0.6) is 5.75 Å². The summed E-state index contributed by atoms with van der Waals surface area (Å²) in [6, 6.07) is 6.02. The molecule has 4 rings (SSSR count). The number of piperidine rings is 2. The van der Waals surface area contributed by atoms with Crippen molar-refractivity contribution >= 4 is 11.8 Å². The standard InChI is InChI=1S/C23H33N3O3/c1-17-14-18(4-5-20(17)29-3)22(28)25-12-9-23(10-13-25)8-6-21(27)26(16-23)19-7-11-24(2)15-19/h4-5,14,19H,6-13,15-16H2,1-3H3. The van der Waals surface area contributed by atoms with Gasteiger partial charge in [-0.05, 0) is 75.4 Å². The molecule has 0 radical (unpaired) electrons. The van der Waals surface area contributed by atoms with Crippen molar-refractivity contribution in [3.8, 4) is 5.75 Å². The number of likely N-dealkylation sites (tertiary alicyclic amines) is 3. The minimum absolute atomic E-state index is 0.103. The first-order chi connectivity index (χ1) is 13.9. The van der Waals surface area contributed by atoms with E-state index in [1.54, 1.807) is 7.11 Å². The molecule has 3 aliphatic rings. The highest BCUT2D eigenvalue weighted by Gasteiger charge is 2.44. The van der Waals surface area contributed by atoms with Crippen LogP contribution in [0.3, 0.4) is 0 Å². The second kappa shape index (κ2) is 7.98. The largest absolute Gasteiger partial charge is 0.496 e. The number of likely N-dealkylation sites (N-methyl/N-ethyl adjacent to an activating group) is 1. The number of benzene rings is 1. The van der Waals surface area contributed by atoms with E-state index in [9.17, 15) is 9.59 Å². The molecule has 3 aliphatic heterocycles. The van der Waals surface area contributed by atoms with Gasteiger partial charge in [-0.25, -0.2) is 0 Å². The predicted octanol–water partition coefficient (Wildman–Crippen LogP) is 2.55. The summed E-state index contributed by atoms with van der Waals surface area (Å²) in [6.07, 6.45) is 4.68. The van der Waals surface area contributed by atoms with Crippen molar-refractivity contribution < 1.29 is 14.3 Å². The van der Waals surface area contributed by atoms with E-state index in [1.165, 1.54) is 0 Å². The van der Waals surface area contributed by atoms with E-state index < -0.39 is 0 Å². The average Bonchev–Trinajstić information content (AvgIpc) is 3.16. The van der Waals surface area contributed by atoms with Gasteiger partial charge in [0.2, 0.25) is 5.91 Å². The zero-order valence-electron chi connectivity index (χ0n) is 17.9. The first kappa shape index (κ1) is 20.2. The van der Waals surface area contributed by atoms with Crippen molar-refractivity contribution in [3.63, 3.8) is 0 Å². The van der Waals surface area contributed by atoms with Crippen LogP contribution in [0.1, 0.15) is 48.0 Å². The summed E-state index contributed by atoms with van der Waals surface area (Å²) in [5.41, 5.74) is 1.89. The molecule has 6 heteroatoms. The van der Waals surface area contributed by atoms with Gasteiger partial charge in [0.25, 0.3) is 5.91 Å². The fourth-order valence-electron chi connectivity index (χ4n) is 5.33. The summed E-state index contributed by atoms with van der Waals surface area (Å²) in [5.74, 6) is 1.23. The van der Waals surface area contributed by atoms with Crippen molar-refractivity contribution in [2.75, 3.05) is 46.9 Å². The van der Waals surface area contributed by atoms with Gasteiger partial charge < -0.3 is 19.4 Å². The fourth-order valence-corrected chi connectivity index (χ4v) is 5.33. The van der Waals surface area contributed by atoms with Crippen LogP contribution in [0.15, 0.2) is 18.2 Å². The third-order valence-electron chi connectivity index (χ3n) is 7.26. The molecule has 1 atom stereocenters. The maximum atomic E-state index is 13.0. The van der Waals surface area contributed by atoms with Crippen LogP contribution < -0.4 is 4.74 Å².